The van der Waals surface area contributed by atoms with Gasteiger partial charge in [-0.1, -0.05) is 6.07 Å². The second-order valence-electron chi connectivity index (χ2n) is 6.02. The number of rotatable bonds is 3. The quantitative estimate of drug-likeness (QED) is 0.846. The van der Waals surface area contributed by atoms with Gasteiger partial charge in [0, 0.05) is 26.2 Å². The van der Waals surface area contributed by atoms with Crippen molar-refractivity contribution in [3.05, 3.63) is 17.5 Å². The molecule has 1 aromatic heterocycles. The van der Waals surface area contributed by atoms with Crippen LogP contribution in [0, 0.1) is 5.92 Å². The van der Waals surface area contributed by atoms with Crippen molar-refractivity contribution < 1.29 is 13.2 Å². The van der Waals surface area contributed by atoms with E-state index in [0.717, 1.165) is 38.8 Å². The van der Waals surface area contributed by atoms with Crippen molar-refractivity contribution >= 4 is 27.3 Å². The molecule has 22 heavy (non-hydrogen) atoms. The smallest absolute Gasteiger partial charge is 0.252 e. The summed E-state index contributed by atoms with van der Waals surface area (Å²) in [5.74, 6) is -0.0348. The Kier molecular flexibility index (Phi) is 4.84. The van der Waals surface area contributed by atoms with E-state index in [2.05, 4.69) is 0 Å². The lowest BCUT2D eigenvalue weighted by Gasteiger charge is -2.35. The van der Waals surface area contributed by atoms with Crippen LogP contribution in [0.15, 0.2) is 21.7 Å². The molecule has 0 saturated carbocycles. The van der Waals surface area contributed by atoms with Crippen LogP contribution in [-0.4, -0.2) is 49.7 Å². The van der Waals surface area contributed by atoms with Crippen LogP contribution in [-0.2, 0) is 14.8 Å². The van der Waals surface area contributed by atoms with Crippen molar-refractivity contribution in [3.63, 3.8) is 0 Å². The average Bonchev–Trinajstić information content (AvgIpc) is 3.10. The number of amides is 1. The fraction of sp³-hybridized carbons (Fsp3) is 0.667. The summed E-state index contributed by atoms with van der Waals surface area (Å²) in [6, 6.07) is 3.38. The van der Waals surface area contributed by atoms with Gasteiger partial charge in [0.15, 0.2) is 0 Å². The maximum Gasteiger partial charge on any atom is 0.252 e. The first-order valence-corrected chi connectivity index (χ1v) is 10.2. The molecule has 7 heteroatoms. The van der Waals surface area contributed by atoms with E-state index in [4.69, 9.17) is 0 Å². The molecule has 0 aliphatic carbocycles. The molecule has 0 spiro atoms. The fourth-order valence-corrected chi connectivity index (χ4v) is 5.94. The molecular weight excluding hydrogens is 320 g/mol. The van der Waals surface area contributed by atoms with E-state index in [-0.39, 0.29) is 11.8 Å². The van der Waals surface area contributed by atoms with Gasteiger partial charge in [0.25, 0.3) is 10.0 Å². The summed E-state index contributed by atoms with van der Waals surface area (Å²) < 4.78 is 27.1. The van der Waals surface area contributed by atoms with E-state index in [1.54, 1.807) is 17.5 Å². The van der Waals surface area contributed by atoms with E-state index in [0.29, 0.717) is 17.3 Å². The minimum atomic E-state index is -3.43. The molecule has 1 amide bonds. The Hall–Kier alpha value is -0.920. The number of sulfonamides is 1. The predicted molar refractivity (Wildman–Crippen MR) is 86.2 cm³/mol. The highest BCUT2D eigenvalue weighted by Gasteiger charge is 2.35. The highest BCUT2D eigenvalue weighted by molar-refractivity contribution is 7.91. The van der Waals surface area contributed by atoms with E-state index in [1.165, 1.54) is 22.1 Å². The lowest BCUT2D eigenvalue weighted by molar-refractivity contribution is -0.137. The van der Waals surface area contributed by atoms with Gasteiger partial charge in [0.05, 0.1) is 5.92 Å². The van der Waals surface area contributed by atoms with Gasteiger partial charge in [-0.2, -0.15) is 4.31 Å². The summed E-state index contributed by atoms with van der Waals surface area (Å²) in [6.45, 7) is 2.50. The van der Waals surface area contributed by atoms with Crippen molar-refractivity contribution in [3.8, 4) is 0 Å². The highest BCUT2D eigenvalue weighted by Crippen LogP contribution is 2.27. The van der Waals surface area contributed by atoms with Crippen molar-refractivity contribution in [2.45, 2.75) is 36.3 Å². The molecule has 2 aliphatic rings. The molecule has 2 fully saturated rings. The summed E-state index contributed by atoms with van der Waals surface area (Å²) in [5.41, 5.74) is 0. The molecule has 0 N–H and O–H groups in total. The van der Waals surface area contributed by atoms with Crippen LogP contribution in [0.1, 0.15) is 32.1 Å². The molecule has 0 radical (unpaired) electrons. The third kappa shape index (κ3) is 3.21. The SMILES string of the molecule is O=C([C@H]1CCCN(S(=O)(=O)c2cccs2)C1)N1CCCCC1. The molecule has 5 nitrogen and oxygen atoms in total. The third-order valence-electron chi connectivity index (χ3n) is 4.49. The monoisotopic (exact) mass is 342 g/mol. The molecule has 122 valence electrons. The normalized spacial score (nSPS) is 24.4. The number of hydrogen-bond donors (Lipinski definition) is 0. The van der Waals surface area contributed by atoms with Gasteiger partial charge in [0.1, 0.15) is 4.21 Å². The Balaban J connectivity index is 1.70. The van der Waals surface area contributed by atoms with Crippen LogP contribution in [0.25, 0.3) is 0 Å². The van der Waals surface area contributed by atoms with Crippen molar-refractivity contribution in [2.75, 3.05) is 26.2 Å². The second-order valence-corrected chi connectivity index (χ2v) is 9.13. The van der Waals surface area contributed by atoms with Crippen molar-refractivity contribution in [1.29, 1.82) is 0 Å². The summed E-state index contributed by atoms with van der Waals surface area (Å²) >= 11 is 1.24. The number of carbonyl (C=O) groups is 1. The zero-order valence-corrected chi connectivity index (χ0v) is 14.2. The maximum absolute atomic E-state index is 12.6. The zero-order chi connectivity index (χ0) is 15.6. The average molecular weight is 342 g/mol. The Morgan fingerprint density at radius 2 is 1.91 bits per heavy atom. The Morgan fingerprint density at radius 1 is 1.14 bits per heavy atom. The number of carbonyl (C=O) groups excluding carboxylic acids is 1. The Labute approximate surface area is 136 Å². The first kappa shape index (κ1) is 16.0. The van der Waals surface area contributed by atoms with Crippen molar-refractivity contribution in [2.24, 2.45) is 5.92 Å². The largest absolute Gasteiger partial charge is 0.342 e. The van der Waals surface area contributed by atoms with Gasteiger partial charge >= 0.3 is 0 Å². The van der Waals surface area contributed by atoms with E-state index >= 15 is 0 Å². The minimum absolute atomic E-state index is 0.144. The van der Waals surface area contributed by atoms with Crippen LogP contribution in [0.4, 0.5) is 0 Å². The standard InChI is InChI=1S/C15H22N2O3S2/c18-15(16-8-2-1-3-9-16)13-6-4-10-17(12-13)22(19,20)14-7-5-11-21-14/h5,7,11,13H,1-4,6,8-10,12H2/t13-/m0/s1. The number of nitrogens with zero attached hydrogens (tertiary/aromatic N) is 2. The highest BCUT2D eigenvalue weighted by atomic mass is 32.2. The van der Waals surface area contributed by atoms with Gasteiger partial charge < -0.3 is 4.90 Å². The molecule has 2 saturated heterocycles. The van der Waals surface area contributed by atoms with Gasteiger partial charge in [-0.3, -0.25) is 4.79 Å². The predicted octanol–water partition coefficient (Wildman–Crippen LogP) is 2.16. The molecule has 1 atom stereocenters. The topological polar surface area (TPSA) is 57.7 Å². The fourth-order valence-electron chi connectivity index (χ4n) is 3.27. The minimum Gasteiger partial charge on any atom is -0.342 e. The van der Waals surface area contributed by atoms with Crippen LogP contribution in [0.2, 0.25) is 0 Å². The third-order valence-corrected chi connectivity index (χ3v) is 7.73. The molecular formula is C15H22N2O3S2. The maximum atomic E-state index is 12.6. The number of hydrogen-bond acceptors (Lipinski definition) is 4. The summed E-state index contributed by atoms with van der Waals surface area (Å²) in [4.78, 5) is 14.5. The molecule has 3 rings (SSSR count). The molecule has 0 bridgehead atoms. The van der Waals surface area contributed by atoms with Crippen LogP contribution in [0.3, 0.4) is 0 Å². The second kappa shape index (κ2) is 6.68. The molecule has 0 unspecified atom stereocenters. The molecule has 1 aromatic rings. The van der Waals surface area contributed by atoms with Crippen LogP contribution >= 0.6 is 11.3 Å². The van der Waals surface area contributed by atoms with E-state index < -0.39 is 10.0 Å². The van der Waals surface area contributed by atoms with E-state index in [9.17, 15) is 13.2 Å². The van der Waals surface area contributed by atoms with Crippen molar-refractivity contribution in [1.82, 2.24) is 9.21 Å². The number of piperidine rings is 2. The first-order valence-electron chi connectivity index (χ1n) is 7.91. The summed E-state index contributed by atoms with van der Waals surface area (Å²) in [7, 11) is -3.43. The number of likely N-dealkylation sites (tertiary alicyclic amines) is 1. The zero-order valence-electron chi connectivity index (χ0n) is 12.6. The Morgan fingerprint density at radius 3 is 2.59 bits per heavy atom. The lowest BCUT2D eigenvalue weighted by Crippen LogP contribution is -2.47. The van der Waals surface area contributed by atoms with E-state index in [1.807, 2.05) is 4.90 Å². The molecule has 3 heterocycles. The van der Waals surface area contributed by atoms with Crippen LogP contribution in [0.5, 0.6) is 0 Å². The summed E-state index contributed by atoms with van der Waals surface area (Å²) in [5, 5.41) is 1.77. The first-order chi connectivity index (χ1) is 10.6. The Bertz CT molecular complexity index is 607. The van der Waals surface area contributed by atoms with Crippen LogP contribution < -0.4 is 0 Å². The van der Waals surface area contributed by atoms with Gasteiger partial charge in [0.2, 0.25) is 5.91 Å². The van der Waals surface area contributed by atoms with Gasteiger partial charge in [-0.15, -0.1) is 11.3 Å². The molecule has 2 aliphatic heterocycles. The lowest BCUT2D eigenvalue weighted by atomic mass is 9.97. The van der Waals surface area contributed by atoms with Gasteiger partial charge in [-0.25, -0.2) is 8.42 Å². The molecule has 0 aromatic carbocycles. The van der Waals surface area contributed by atoms with Gasteiger partial charge in [-0.05, 0) is 43.6 Å². The number of thiophene rings is 1. The summed E-state index contributed by atoms with van der Waals surface area (Å²) in [6.07, 6.45) is 4.87.